The highest BCUT2D eigenvalue weighted by atomic mass is 79.9. The van der Waals surface area contributed by atoms with Crippen molar-refractivity contribution in [2.75, 3.05) is 23.0 Å². The maximum absolute atomic E-state index is 3.86. The van der Waals surface area contributed by atoms with E-state index in [1.54, 1.807) is 0 Å². The van der Waals surface area contributed by atoms with Gasteiger partial charge in [-0.1, -0.05) is 19.3 Å². The predicted molar refractivity (Wildman–Crippen MR) is 99.4 cm³/mol. The lowest BCUT2D eigenvalue weighted by molar-refractivity contribution is 0.418. The lowest BCUT2D eigenvalue weighted by Crippen LogP contribution is -2.40. The zero-order valence-electron chi connectivity index (χ0n) is 12.0. The molecule has 5 heteroatoms. The largest absolute Gasteiger partial charge is 0.352 e. The van der Waals surface area contributed by atoms with E-state index >= 15 is 0 Å². The number of nitrogens with zero attached hydrogens (tertiary/aromatic N) is 2. The molecule has 0 spiro atoms. The average Bonchev–Trinajstić information content (AvgIpc) is 2.92. The summed E-state index contributed by atoms with van der Waals surface area (Å²) < 4.78 is 3.65. The van der Waals surface area contributed by atoms with E-state index in [2.05, 4.69) is 57.6 Å². The van der Waals surface area contributed by atoms with Gasteiger partial charge in [0.25, 0.3) is 0 Å². The van der Waals surface area contributed by atoms with E-state index in [1.807, 2.05) is 0 Å². The maximum atomic E-state index is 3.86. The molecule has 0 aromatic heterocycles. The van der Waals surface area contributed by atoms with Crippen molar-refractivity contribution >= 4 is 59.2 Å². The first-order valence-corrected chi connectivity index (χ1v) is 10.3. The number of benzene rings is 1. The topological polar surface area (TPSA) is 6.48 Å². The van der Waals surface area contributed by atoms with E-state index in [4.69, 9.17) is 0 Å². The molecule has 0 saturated heterocycles. The van der Waals surface area contributed by atoms with Gasteiger partial charge >= 0.3 is 0 Å². The van der Waals surface area contributed by atoms with Crippen LogP contribution in [-0.2, 0) is 6.42 Å². The Balaban J connectivity index is 1.84. The second kappa shape index (κ2) is 5.72. The molecule has 1 fully saturated rings. The predicted octanol–water partition coefficient (Wildman–Crippen LogP) is 5.84. The third kappa shape index (κ3) is 2.29. The molecule has 2 heterocycles. The molecule has 1 saturated carbocycles. The SMILES string of the molecule is Brc1c(Br)c2c3c(c1Br)N(C1CCCCC1)CN3CCC2. The summed E-state index contributed by atoms with van der Waals surface area (Å²) in [5.74, 6) is 0. The van der Waals surface area contributed by atoms with E-state index < -0.39 is 0 Å². The Labute approximate surface area is 151 Å². The van der Waals surface area contributed by atoms with Crippen LogP contribution in [0.15, 0.2) is 13.4 Å². The van der Waals surface area contributed by atoms with Gasteiger partial charge in [-0.05, 0) is 79.0 Å². The Hall–Kier alpha value is 0.260. The minimum Gasteiger partial charge on any atom is -0.352 e. The molecule has 21 heavy (non-hydrogen) atoms. The van der Waals surface area contributed by atoms with Crippen molar-refractivity contribution in [2.45, 2.75) is 51.0 Å². The zero-order chi connectivity index (χ0) is 14.6. The fraction of sp³-hybridized carbons (Fsp3) is 0.625. The van der Waals surface area contributed by atoms with Gasteiger partial charge in [0.15, 0.2) is 0 Å². The molecule has 2 aliphatic heterocycles. The lowest BCUT2D eigenvalue weighted by Gasteiger charge is -2.33. The molecule has 3 aliphatic rings. The Bertz CT molecular complexity index is 582. The van der Waals surface area contributed by atoms with Crippen molar-refractivity contribution in [2.24, 2.45) is 0 Å². The van der Waals surface area contributed by atoms with Crippen molar-refractivity contribution in [1.29, 1.82) is 0 Å². The van der Waals surface area contributed by atoms with Gasteiger partial charge in [-0.3, -0.25) is 0 Å². The second-order valence-electron chi connectivity index (χ2n) is 6.39. The molecule has 114 valence electrons. The van der Waals surface area contributed by atoms with Gasteiger partial charge in [0.05, 0.1) is 22.5 Å². The highest BCUT2D eigenvalue weighted by molar-refractivity contribution is 9.14. The Morgan fingerprint density at radius 2 is 1.57 bits per heavy atom. The second-order valence-corrected chi connectivity index (χ2v) is 8.77. The molecule has 1 aromatic rings. The molecule has 1 aliphatic carbocycles. The number of anilines is 2. The maximum Gasteiger partial charge on any atom is 0.0907 e. The van der Waals surface area contributed by atoms with Crippen molar-refractivity contribution in [3.05, 3.63) is 19.0 Å². The number of hydrogen-bond donors (Lipinski definition) is 0. The van der Waals surface area contributed by atoms with Gasteiger partial charge < -0.3 is 9.80 Å². The van der Waals surface area contributed by atoms with Gasteiger partial charge in [0, 0.05) is 21.5 Å². The van der Waals surface area contributed by atoms with Crippen LogP contribution in [0.4, 0.5) is 11.4 Å². The van der Waals surface area contributed by atoms with Crippen LogP contribution in [0.3, 0.4) is 0 Å². The fourth-order valence-corrected chi connectivity index (χ4v) is 6.05. The third-order valence-electron chi connectivity index (χ3n) is 5.17. The van der Waals surface area contributed by atoms with Crippen LogP contribution in [0.1, 0.15) is 44.1 Å². The Kier molecular flexibility index (Phi) is 4.04. The molecular weight excluding hydrogens is 460 g/mol. The summed E-state index contributed by atoms with van der Waals surface area (Å²) in [4.78, 5) is 5.26. The van der Waals surface area contributed by atoms with Crippen molar-refractivity contribution < 1.29 is 0 Å². The van der Waals surface area contributed by atoms with Crippen molar-refractivity contribution in [1.82, 2.24) is 0 Å². The minimum absolute atomic E-state index is 0.720. The molecule has 0 unspecified atom stereocenters. The average molecular weight is 479 g/mol. The number of rotatable bonds is 1. The summed E-state index contributed by atoms with van der Waals surface area (Å²) in [5, 5.41) is 0. The van der Waals surface area contributed by atoms with E-state index in [1.165, 1.54) is 81.8 Å². The molecule has 0 amide bonds. The molecule has 0 bridgehead atoms. The molecule has 4 rings (SSSR count). The highest BCUT2D eigenvalue weighted by Gasteiger charge is 2.38. The van der Waals surface area contributed by atoms with E-state index in [0.717, 1.165) is 12.7 Å². The van der Waals surface area contributed by atoms with E-state index in [-0.39, 0.29) is 0 Å². The fourth-order valence-electron chi connectivity index (χ4n) is 4.16. The summed E-state index contributed by atoms with van der Waals surface area (Å²) in [6, 6.07) is 0.720. The Morgan fingerprint density at radius 3 is 2.33 bits per heavy atom. The number of halogens is 3. The molecule has 0 radical (unpaired) electrons. The first-order chi connectivity index (χ1) is 10.2. The molecule has 2 nitrogen and oxygen atoms in total. The van der Waals surface area contributed by atoms with Crippen LogP contribution in [0.2, 0.25) is 0 Å². The van der Waals surface area contributed by atoms with Crippen molar-refractivity contribution in [3.63, 3.8) is 0 Å². The monoisotopic (exact) mass is 476 g/mol. The first kappa shape index (κ1) is 14.8. The standard InChI is InChI=1S/C16H19Br3N2/c17-12-11-7-4-8-20-9-21(10-5-2-1-3-6-10)16(15(11)20)14(19)13(12)18/h10H,1-9H2. The van der Waals surface area contributed by atoms with Crippen LogP contribution >= 0.6 is 47.8 Å². The van der Waals surface area contributed by atoms with Crippen LogP contribution < -0.4 is 9.80 Å². The van der Waals surface area contributed by atoms with Gasteiger partial charge in [0.1, 0.15) is 0 Å². The van der Waals surface area contributed by atoms with Crippen LogP contribution in [0.25, 0.3) is 0 Å². The van der Waals surface area contributed by atoms with Gasteiger partial charge in [-0.25, -0.2) is 0 Å². The summed E-state index contributed by atoms with van der Waals surface area (Å²) in [7, 11) is 0. The normalized spacial score (nSPS) is 21.9. The van der Waals surface area contributed by atoms with E-state index in [9.17, 15) is 0 Å². The van der Waals surface area contributed by atoms with Crippen LogP contribution in [-0.4, -0.2) is 19.3 Å². The molecule has 0 atom stereocenters. The summed E-state index contributed by atoms with van der Waals surface area (Å²) >= 11 is 11.4. The minimum atomic E-state index is 0.720. The van der Waals surface area contributed by atoms with Crippen LogP contribution in [0.5, 0.6) is 0 Å². The Morgan fingerprint density at radius 1 is 0.810 bits per heavy atom. The number of hydrogen-bond acceptors (Lipinski definition) is 2. The van der Waals surface area contributed by atoms with Gasteiger partial charge in [-0.2, -0.15) is 0 Å². The lowest BCUT2D eigenvalue weighted by atomic mass is 9.94. The third-order valence-corrected chi connectivity index (χ3v) is 8.67. The quantitative estimate of drug-likeness (QED) is 0.468. The summed E-state index contributed by atoms with van der Waals surface area (Å²) in [5.41, 5.74) is 4.41. The molecule has 1 aromatic carbocycles. The van der Waals surface area contributed by atoms with Gasteiger partial charge in [0.2, 0.25) is 0 Å². The summed E-state index contributed by atoms with van der Waals surface area (Å²) in [6.07, 6.45) is 9.33. The zero-order valence-corrected chi connectivity index (χ0v) is 16.7. The smallest absolute Gasteiger partial charge is 0.0907 e. The molecular formula is C16H19Br3N2. The van der Waals surface area contributed by atoms with E-state index in [0.29, 0.717) is 0 Å². The van der Waals surface area contributed by atoms with Gasteiger partial charge in [-0.15, -0.1) is 0 Å². The highest BCUT2D eigenvalue weighted by Crippen LogP contribution is 2.54. The summed E-state index contributed by atoms with van der Waals surface area (Å²) in [6.45, 7) is 2.28. The first-order valence-electron chi connectivity index (χ1n) is 7.89. The van der Waals surface area contributed by atoms with Crippen LogP contribution in [0, 0.1) is 0 Å². The van der Waals surface area contributed by atoms with Crippen molar-refractivity contribution in [3.8, 4) is 0 Å². The molecule has 0 N–H and O–H groups in total.